The van der Waals surface area contributed by atoms with Gasteiger partial charge in [0.05, 0.1) is 81.0 Å². The van der Waals surface area contributed by atoms with E-state index in [9.17, 15) is 18.0 Å². The fourth-order valence-electron chi connectivity index (χ4n) is 7.51. The van der Waals surface area contributed by atoms with Gasteiger partial charge in [0, 0.05) is 24.6 Å². The first-order valence-electron chi connectivity index (χ1n) is 21.6. The maximum Gasteiger partial charge on any atom is 0.264 e. The highest BCUT2D eigenvalue weighted by Crippen LogP contribution is 2.38. The molecule has 16 nitrogen and oxygen atoms in total. The molecule has 2 fully saturated rings. The van der Waals surface area contributed by atoms with Crippen LogP contribution < -0.4 is 14.2 Å². The molecule has 5 aromatic rings. The first-order chi connectivity index (χ1) is 32.4. The van der Waals surface area contributed by atoms with Gasteiger partial charge in [-0.25, -0.2) is 0 Å². The zero-order valence-corrected chi connectivity index (χ0v) is 38.6. The topological polar surface area (TPSA) is 195 Å². The molecular formula is C50H54N4O12S. The van der Waals surface area contributed by atoms with Crippen molar-refractivity contribution in [3.8, 4) is 17.2 Å². The standard InChI is InChI=1S/C32H30N4O7.C10H14O3S.C8H10O2/c1-19-6-24-26(33-11-22-15-40-17-35(22)31(24)37)9-28(19)42-13-20-4-3-5-21(7-20)14-43-30-10-27-25(8-29(30)39-2)32(38)36-18-41-16-23(36)12-34-27;1-3-9-5-4-6-10(7-9)8-13-14(2,11)12;9-5-7-2-1-3-8(4-7)6-10/h3-12,22-23H,13-18H2,1-2H3;4-7H,3,8H2,1-2H3;1-4,9-10H,5-6H2/t22-,23-;;/m1../s1. The van der Waals surface area contributed by atoms with Gasteiger partial charge in [0.25, 0.3) is 21.9 Å². The zero-order chi connectivity index (χ0) is 47.5. The van der Waals surface area contributed by atoms with Crippen molar-refractivity contribution >= 4 is 45.7 Å². The number of aryl methyl sites for hydroxylation is 2. The molecule has 2 amide bonds. The number of benzene rings is 5. The Kier molecular flexibility index (Phi) is 16.2. The number of nitrogens with zero attached hydrogens (tertiary/aromatic N) is 4. The number of rotatable bonds is 13. The number of hydrogen-bond donors (Lipinski definition) is 2. The Hall–Kier alpha value is -6.47. The largest absolute Gasteiger partial charge is 0.493 e. The van der Waals surface area contributed by atoms with Gasteiger partial charge >= 0.3 is 0 Å². The van der Waals surface area contributed by atoms with Gasteiger partial charge in [-0.15, -0.1) is 0 Å². The number of fused-ring (bicyclic) bond motifs is 4. The van der Waals surface area contributed by atoms with Gasteiger partial charge in [0.1, 0.15) is 32.4 Å². The molecule has 0 spiro atoms. The van der Waals surface area contributed by atoms with E-state index in [1.807, 2.05) is 85.8 Å². The molecule has 0 unspecified atom stereocenters. The summed E-state index contributed by atoms with van der Waals surface area (Å²) in [4.78, 5) is 38.5. The lowest BCUT2D eigenvalue weighted by Gasteiger charge is -2.18. The molecule has 67 heavy (non-hydrogen) atoms. The van der Waals surface area contributed by atoms with Crippen molar-refractivity contribution in [1.29, 1.82) is 0 Å². The summed E-state index contributed by atoms with van der Waals surface area (Å²) in [7, 11) is -1.80. The predicted molar refractivity (Wildman–Crippen MR) is 251 cm³/mol. The minimum absolute atomic E-state index is 0.0356. The SMILES string of the molecule is CCc1cccc(COS(C)(=O)=O)c1.COc1cc2c(cc1OCc1cccc(COc3cc4c(cc3C)C(=O)N3COC[C@H]3C=N4)c1)N=C[C@@H]1COCN1C2=O.OCc1cccc(CO)c1. The van der Waals surface area contributed by atoms with E-state index in [1.165, 1.54) is 5.56 Å². The Morgan fingerprint density at radius 1 is 0.642 bits per heavy atom. The van der Waals surface area contributed by atoms with Crippen LogP contribution in [0.25, 0.3) is 0 Å². The normalized spacial score (nSPS) is 16.9. The van der Waals surface area contributed by atoms with Gasteiger partial charge in [-0.2, -0.15) is 8.42 Å². The number of methoxy groups -OCH3 is 1. The lowest BCUT2D eigenvalue weighted by atomic mass is 10.1. The molecule has 17 heteroatoms. The summed E-state index contributed by atoms with van der Waals surface area (Å²) < 4.78 is 54.9. The molecule has 0 saturated carbocycles. The van der Waals surface area contributed by atoms with Crippen molar-refractivity contribution in [2.24, 2.45) is 9.98 Å². The Labute approximate surface area is 390 Å². The number of carbonyl (C=O) groups is 2. The fraction of sp³-hybridized carbons (Fsp3) is 0.320. The number of aliphatic hydroxyl groups is 2. The fourth-order valence-corrected chi connectivity index (χ4v) is 7.86. The third kappa shape index (κ3) is 12.5. The number of aliphatic imine (C=N–C) groups is 2. The summed E-state index contributed by atoms with van der Waals surface area (Å²) in [6.07, 6.45) is 5.49. The average molecular weight is 935 g/mol. The van der Waals surface area contributed by atoms with Crippen molar-refractivity contribution < 1.29 is 56.1 Å². The Balaban J connectivity index is 0.000000226. The number of ether oxygens (including phenoxy) is 5. The predicted octanol–water partition coefficient (Wildman–Crippen LogP) is 6.59. The lowest BCUT2D eigenvalue weighted by molar-refractivity contribution is 0.0675. The van der Waals surface area contributed by atoms with E-state index in [1.54, 1.807) is 47.5 Å². The highest BCUT2D eigenvalue weighted by atomic mass is 32.2. The smallest absolute Gasteiger partial charge is 0.264 e. The molecule has 9 rings (SSSR count). The van der Waals surface area contributed by atoms with Crippen molar-refractivity contribution in [2.75, 3.05) is 40.0 Å². The number of amides is 2. The first kappa shape index (κ1) is 48.5. The van der Waals surface area contributed by atoms with Crippen LogP contribution in [0.1, 0.15) is 66.6 Å². The highest BCUT2D eigenvalue weighted by molar-refractivity contribution is 7.85. The summed E-state index contributed by atoms with van der Waals surface area (Å²) >= 11 is 0. The molecule has 2 N–H and O–H groups in total. The highest BCUT2D eigenvalue weighted by Gasteiger charge is 2.34. The lowest BCUT2D eigenvalue weighted by Crippen LogP contribution is -2.36. The number of carbonyl (C=O) groups excluding carboxylic acids is 2. The average Bonchev–Trinajstić information content (AvgIpc) is 3.98. The van der Waals surface area contributed by atoms with Crippen molar-refractivity contribution in [3.05, 3.63) is 147 Å². The molecule has 0 aromatic heterocycles. The van der Waals surface area contributed by atoms with Crippen molar-refractivity contribution in [1.82, 2.24) is 9.80 Å². The molecule has 0 aliphatic carbocycles. The van der Waals surface area contributed by atoms with Crippen LogP contribution in [0.3, 0.4) is 0 Å². The third-order valence-electron chi connectivity index (χ3n) is 11.1. The molecule has 0 bridgehead atoms. The Bertz CT molecular complexity index is 2720. The van der Waals surface area contributed by atoms with E-state index in [2.05, 4.69) is 21.1 Å². The maximum absolute atomic E-state index is 13.1. The Morgan fingerprint density at radius 3 is 1.63 bits per heavy atom. The van der Waals surface area contributed by atoms with Crippen LogP contribution in [-0.4, -0.2) is 105 Å². The second-order valence-corrected chi connectivity index (χ2v) is 17.7. The van der Waals surface area contributed by atoms with Gasteiger partial charge in [-0.3, -0.25) is 23.8 Å². The van der Waals surface area contributed by atoms with Gasteiger partial charge in [-0.1, -0.05) is 73.7 Å². The minimum atomic E-state index is -3.34. The second-order valence-electron chi connectivity index (χ2n) is 16.1. The van der Waals surface area contributed by atoms with Crippen LogP contribution in [0.15, 0.2) is 107 Å². The molecule has 5 aromatic carbocycles. The monoisotopic (exact) mass is 934 g/mol. The Morgan fingerprint density at radius 2 is 1.10 bits per heavy atom. The second kappa shape index (κ2) is 22.3. The molecule has 4 heterocycles. The molecular weight excluding hydrogens is 881 g/mol. The summed E-state index contributed by atoms with van der Waals surface area (Å²) in [5.41, 5.74) is 8.62. The van der Waals surface area contributed by atoms with Crippen molar-refractivity contribution in [2.45, 2.75) is 65.4 Å². The van der Waals surface area contributed by atoms with E-state index < -0.39 is 10.1 Å². The molecule has 2 saturated heterocycles. The zero-order valence-electron chi connectivity index (χ0n) is 37.8. The number of aliphatic hydroxyl groups excluding tert-OH is 2. The van der Waals surface area contributed by atoms with Crippen LogP contribution in [0.2, 0.25) is 0 Å². The van der Waals surface area contributed by atoms with E-state index in [0.29, 0.717) is 59.6 Å². The van der Waals surface area contributed by atoms with E-state index in [-0.39, 0.29) is 63.8 Å². The van der Waals surface area contributed by atoms with Crippen LogP contribution in [-0.2, 0) is 63.2 Å². The molecule has 2 atom stereocenters. The third-order valence-corrected chi connectivity index (χ3v) is 11.7. The van der Waals surface area contributed by atoms with Crippen LogP contribution in [0.5, 0.6) is 17.2 Å². The molecule has 4 aliphatic heterocycles. The summed E-state index contributed by atoms with van der Waals surface area (Å²) in [5, 5.41) is 17.4. The van der Waals surface area contributed by atoms with Crippen LogP contribution in [0, 0.1) is 6.92 Å². The van der Waals surface area contributed by atoms with Gasteiger partial charge < -0.3 is 43.7 Å². The van der Waals surface area contributed by atoms with Gasteiger partial charge in [0.2, 0.25) is 0 Å². The summed E-state index contributed by atoms with van der Waals surface area (Å²) in [6.45, 7) is 6.16. The van der Waals surface area contributed by atoms with Gasteiger partial charge in [-0.05, 0) is 70.5 Å². The molecule has 4 aliphatic rings. The summed E-state index contributed by atoms with van der Waals surface area (Å²) in [6, 6.07) is 29.6. The maximum atomic E-state index is 13.1. The van der Waals surface area contributed by atoms with E-state index in [0.717, 1.165) is 46.1 Å². The molecule has 0 radical (unpaired) electrons. The van der Waals surface area contributed by atoms with Crippen LogP contribution in [0.4, 0.5) is 11.4 Å². The molecule has 352 valence electrons. The van der Waals surface area contributed by atoms with E-state index in [4.69, 9.17) is 33.9 Å². The minimum Gasteiger partial charge on any atom is -0.493 e. The quantitative estimate of drug-likeness (QED) is 0.121. The van der Waals surface area contributed by atoms with Crippen molar-refractivity contribution in [3.63, 3.8) is 0 Å². The van der Waals surface area contributed by atoms with Gasteiger partial charge in [0.15, 0.2) is 11.5 Å². The van der Waals surface area contributed by atoms with Crippen LogP contribution >= 0.6 is 0 Å². The summed E-state index contributed by atoms with van der Waals surface area (Å²) in [5.74, 6) is 1.38. The first-order valence-corrected chi connectivity index (χ1v) is 23.5. The number of hydrogen-bond acceptors (Lipinski definition) is 14. The van der Waals surface area contributed by atoms with E-state index >= 15 is 0 Å².